The van der Waals surface area contributed by atoms with Crippen LogP contribution in [-0.4, -0.2) is 51.9 Å². The monoisotopic (exact) mass is 539 g/mol. The van der Waals surface area contributed by atoms with Gasteiger partial charge < -0.3 is 10.2 Å². The molecular formula is C22H24BrClFN5OS. The van der Waals surface area contributed by atoms with E-state index in [0.29, 0.717) is 32.7 Å². The van der Waals surface area contributed by atoms with Gasteiger partial charge in [0, 0.05) is 48.8 Å². The van der Waals surface area contributed by atoms with E-state index in [2.05, 4.69) is 36.1 Å². The first-order chi connectivity index (χ1) is 15.5. The summed E-state index contributed by atoms with van der Waals surface area (Å²) >= 11 is 10.8. The zero-order valence-corrected chi connectivity index (χ0v) is 21.0. The van der Waals surface area contributed by atoms with Gasteiger partial charge in [0.05, 0.1) is 16.3 Å². The summed E-state index contributed by atoms with van der Waals surface area (Å²) in [5.74, 6) is -0.269. The summed E-state index contributed by atoms with van der Waals surface area (Å²) in [4.78, 5) is 25.4. The second kappa shape index (κ2) is 11.7. The molecular weight excluding hydrogens is 517 g/mol. The van der Waals surface area contributed by atoms with Crippen molar-refractivity contribution in [3.63, 3.8) is 0 Å². The molecule has 1 fully saturated rings. The highest BCUT2D eigenvalue weighted by atomic mass is 79.9. The lowest BCUT2D eigenvalue weighted by molar-refractivity contribution is 0.0622. The predicted molar refractivity (Wildman–Crippen MR) is 131 cm³/mol. The Bertz CT molecular complexity index is 1040. The highest BCUT2D eigenvalue weighted by molar-refractivity contribution is 9.10. The Kier molecular flexibility index (Phi) is 8.98. The maximum absolute atomic E-state index is 14.2. The molecule has 2 aromatic heterocycles. The third-order valence-electron chi connectivity index (χ3n) is 4.74. The van der Waals surface area contributed by atoms with E-state index in [9.17, 15) is 9.18 Å². The summed E-state index contributed by atoms with van der Waals surface area (Å²) in [6.07, 6.45) is 1.74. The summed E-state index contributed by atoms with van der Waals surface area (Å²) in [5.41, 5.74) is 0.923. The Labute approximate surface area is 204 Å². The van der Waals surface area contributed by atoms with Crippen LogP contribution >= 0.6 is 38.9 Å². The van der Waals surface area contributed by atoms with Crippen molar-refractivity contribution in [2.45, 2.75) is 20.4 Å². The van der Waals surface area contributed by atoms with Gasteiger partial charge in [-0.05, 0) is 24.3 Å². The molecule has 1 aliphatic heterocycles. The summed E-state index contributed by atoms with van der Waals surface area (Å²) < 4.78 is 15.1. The van der Waals surface area contributed by atoms with Crippen molar-refractivity contribution < 1.29 is 9.18 Å². The number of aromatic nitrogens is 2. The van der Waals surface area contributed by atoms with Gasteiger partial charge in [-0.2, -0.15) is 0 Å². The molecule has 0 atom stereocenters. The second-order valence-corrected chi connectivity index (χ2v) is 9.01. The fourth-order valence-corrected chi connectivity index (χ4v) is 4.46. The summed E-state index contributed by atoms with van der Waals surface area (Å²) in [7, 11) is 0. The molecule has 4 rings (SSSR count). The molecule has 6 nitrogen and oxygen atoms in total. The Morgan fingerprint density at radius 2 is 2.00 bits per heavy atom. The summed E-state index contributed by atoms with van der Waals surface area (Å²) in [6.45, 7) is 7.04. The van der Waals surface area contributed by atoms with Crippen molar-refractivity contribution in [1.82, 2.24) is 19.8 Å². The zero-order chi connectivity index (χ0) is 23.1. The fraction of sp³-hybridized carbons (Fsp3) is 0.318. The molecule has 0 radical (unpaired) electrons. The lowest BCUT2D eigenvalue weighted by atomic mass is 10.1. The van der Waals surface area contributed by atoms with Gasteiger partial charge in [0.25, 0.3) is 5.91 Å². The number of amides is 1. The van der Waals surface area contributed by atoms with Crippen molar-refractivity contribution >= 4 is 55.7 Å². The molecule has 0 unspecified atom stereocenters. The minimum Gasteiger partial charge on any atom is -0.336 e. The number of carbonyl (C=O) groups excluding carboxylic acids is 1. The first-order valence-electron chi connectivity index (χ1n) is 10.3. The number of pyridine rings is 1. The molecule has 1 saturated heterocycles. The molecule has 1 N–H and O–H groups in total. The number of thiazole rings is 1. The second-order valence-electron chi connectivity index (χ2n) is 6.79. The molecule has 0 spiro atoms. The van der Waals surface area contributed by atoms with Crippen molar-refractivity contribution in [3.05, 3.63) is 68.5 Å². The topological polar surface area (TPSA) is 61.4 Å². The molecule has 3 aromatic rings. The van der Waals surface area contributed by atoms with Gasteiger partial charge >= 0.3 is 0 Å². The van der Waals surface area contributed by atoms with Crippen LogP contribution in [0.1, 0.15) is 29.9 Å². The largest absolute Gasteiger partial charge is 0.336 e. The molecule has 0 bridgehead atoms. The highest BCUT2D eigenvalue weighted by Gasteiger charge is 2.25. The van der Waals surface area contributed by atoms with Crippen molar-refractivity contribution in [2.24, 2.45) is 0 Å². The molecule has 170 valence electrons. The standard InChI is InChI=1S/C20H18BrClFN5OS.C2H6/c21-13-10-14(25-17(11-13)26-20-24-4-9-30-20)12-27-5-7-28(8-6-27)19(29)15-2-1-3-16(22)18(15)23;1-2/h1-4,9-11H,5-8,12H2,(H,24,25,26);1-2H3. The number of rotatable bonds is 5. The third kappa shape index (κ3) is 6.25. The Morgan fingerprint density at radius 3 is 2.69 bits per heavy atom. The van der Waals surface area contributed by atoms with Gasteiger partial charge in [-0.1, -0.05) is 47.4 Å². The minimum atomic E-state index is -0.662. The number of nitrogens with one attached hydrogen (secondary N) is 1. The van der Waals surface area contributed by atoms with E-state index < -0.39 is 5.82 Å². The zero-order valence-electron chi connectivity index (χ0n) is 17.8. The molecule has 1 aliphatic rings. The maximum atomic E-state index is 14.2. The number of piperazine rings is 1. The smallest absolute Gasteiger partial charge is 0.256 e. The average Bonchev–Trinajstić information content (AvgIpc) is 3.30. The van der Waals surface area contributed by atoms with E-state index in [0.717, 1.165) is 21.1 Å². The van der Waals surface area contributed by atoms with Gasteiger partial charge in [-0.15, -0.1) is 11.3 Å². The Balaban J connectivity index is 0.00000141. The third-order valence-corrected chi connectivity index (χ3v) is 6.18. The lowest BCUT2D eigenvalue weighted by Gasteiger charge is -2.34. The van der Waals surface area contributed by atoms with Crippen LogP contribution in [0.2, 0.25) is 5.02 Å². The molecule has 0 saturated carbocycles. The van der Waals surface area contributed by atoms with E-state index in [4.69, 9.17) is 11.6 Å². The van der Waals surface area contributed by atoms with E-state index in [1.165, 1.54) is 23.5 Å². The van der Waals surface area contributed by atoms with Gasteiger partial charge in [0.1, 0.15) is 5.82 Å². The number of benzene rings is 1. The quantitative estimate of drug-likeness (QED) is 0.442. The predicted octanol–water partition coefficient (Wildman–Crippen LogP) is 5.82. The molecule has 0 aliphatic carbocycles. The van der Waals surface area contributed by atoms with Gasteiger partial charge in [0.2, 0.25) is 0 Å². The van der Waals surface area contributed by atoms with Crippen LogP contribution in [0.5, 0.6) is 0 Å². The first-order valence-corrected chi connectivity index (χ1v) is 12.3. The SMILES string of the molecule is CC.O=C(c1cccc(Cl)c1F)N1CCN(Cc2cc(Br)cc(Nc3nccs3)n2)CC1. The van der Waals surface area contributed by atoms with Crippen molar-refractivity contribution in [3.8, 4) is 0 Å². The number of halogens is 3. The molecule has 1 amide bonds. The van der Waals surface area contributed by atoms with E-state index in [1.807, 2.05) is 31.4 Å². The molecule has 1 aromatic carbocycles. The first kappa shape index (κ1) is 24.6. The van der Waals surface area contributed by atoms with Gasteiger partial charge in [-0.25, -0.2) is 14.4 Å². The summed E-state index contributed by atoms with van der Waals surface area (Å²) in [6, 6.07) is 8.38. The normalized spacial score (nSPS) is 14.0. The van der Waals surface area contributed by atoms with Crippen molar-refractivity contribution in [1.29, 1.82) is 0 Å². The Hall–Kier alpha value is -2.07. The minimum absolute atomic E-state index is 0.0162. The van der Waals surface area contributed by atoms with Gasteiger partial charge in [-0.3, -0.25) is 9.69 Å². The van der Waals surface area contributed by atoms with E-state index in [-0.39, 0.29) is 16.5 Å². The summed E-state index contributed by atoms with van der Waals surface area (Å²) in [5, 5.41) is 5.85. The number of carbonyl (C=O) groups is 1. The van der Waals surface area contributed by atoms with E-state index >= 15 is 0 Å². The molecule has 32 heavy (non-hydrogen) atoms. The number of hydrogen-bond acceptors (Lipinski definition) is 6. The molecule has 10 heteroatoms. The maximum Gasteiger partial charge on any atom is 0.256 e. The number of hydrogen-bond donors (Lipinski definition) is 1. The van der Waals surface area contributed by atoms with Crippen LogP contribution in [0.25, 0.3) is 0 Å². The van der Waals surface area contributed by atoms with Crippen LogP contribution in [-0.2, 0) is 6.54 Å². The van der Waals surface area contributed by atoms with Crippen LogP contribution < -0.4 is 5.32 Å². The number of nitrogens with zero attached hydrogens (tertiary/aromatic N) is 4. The van der Waals surface area contributed by atoms with Crippen LogP contribution in [0.4, 0.5) is 15.3 Å². The van der Waals surface area contributed by atoms with E-state index in [1.54, 1.807) is 17.2 Å². The average molecular weight is 541 g/mol. The number of anilines is 2. The lowest BCUT2D eigenvalue weighted by Crippen LogP contribution is -2.48. The fourth-order valence-electron chi connectivity index (χ4n) is 3.27. The van der Waals surface area contributed by atoms with Crippen molar-refractivity contribution in [2.75, 3.05) is 31.5 Å². The Morgan fingerprint density at radius 1 is 1.25 bits per heavy atom. The highest BCUT2D eigenvalue weighted by Crippen LogP contribution is 2.23. The molecule has 3 heterocycles. The van der Waals surface area contributed by atoms with Gasteiger partial charge in [0.15, 0.2) is 10.9 Å². The van der Waals surface area contributed by atoms with Crippen LogP contribution in [0, 0.1) is 5.82 Å². The van der Waals surface area contributed by atoms with Crippen LogP contribution in [0.3, 0.4) is 0 Å². The van der Waals surface area contributed by atoms with Crippen LogP contribution in [0.15, 0.2) is 46.4 Å².